The number of rotatable bonds is 5. The molecule has 1 amide bonds. The van der Waals surface area contributed by atoms with Gasteiger partial charge in [0.05, 0.1) is 11.4 Å². The topological polar surface area (TPSA) is 77.9 Å². The molecule has 118 valence electrons. The fourth-order valence-corrected chi connectivity index (χ4v) is 3.58. The molecule has 0 saturated carbocycles. The molecular weight excluding hydrogens is 280 g/mol. The lowest BCUT2D eigenvalue weighted by Crippen LogP contribution is -2.53. The maximum Gasteiger partial charge on any atom is 0.240 e. The van der Waals surface area contributed by atoms with Crippen LogP contribution in [-0.4, -0.2) is 78.6 Å². The van der Waals surface area contributed by atoms with E-state index in [1.165, 1.54) is 6.92 Å². The second kappa shape index (κ2) is 6.87. The first-order valence-electron chi connectivity index (χ1n) is 7.08. The summed E-state index contributed by atoms with van der Waals surface area (Å²) in [5, 5.41) is 7.81. The van der Waals surface area contributed by atoms with Gasteiger partial charge in [-0.05, 0) is 27.7 Å². The van der Waals surface area contributed by atoms with Crippen LogP contribution in [0.1, 0.15) is 27.7 Å². The Kier molecular flexibility index (Phi) is 5.97. The summed E-state index contributed by atoms with van der Waals surface area (Å²) >= 11 is 0. The van der Waals surface area contributed by atoms with E-state index < -0.39 is 26.4 Å². The molecule has 1 aliphatic rings. The van der Waals surface area contributed by atoms with E-state index in [2.05, 4.69) is 4.90 Å². The summed E-state index contributed by atoms with van der Waals surface area (Å²) in [5.74, 6) is -0.310. The summed E-state index contributed by atoms with van der Waals surface area (Å²) < 4.78 is 24.1. The molecule has 7 heteroatoms. The molecule has 1 rings (SSSR count). The second-order valence-corrected chi connectivity index (χ2v) is 8.58. The van der Waals surface area contributed by atoms with Crippen LogP contribution in [0, 0.1) is 0 Å². The molecule has 6 nitrogen and oxygen atoms in total. The Bertz CT molecular complexity index is 426. The van der Waals surface area contributed by atoms with Crippen LogP contribution in [0.15, 0.2) is 0 Å². The first-order chi connectivity index (χ1) is 9.16. The average molecular weight is 306 g/mol. The Morgan fingerprint density at radius 1 is 1.10 bits per heavy atom. The number of carbonyl (C=O) groups is 1. The van der Waals surface area contributed by atoms with Crippen molar-refractivity contribution in [1.82, 2.24) is 9.80 Å². The highest BCUT2D eigenvalue weighted by Gasteiger charge is 2.34. The Hall–Kier alpha value is -0.660. The SMILES string of the molecule is CC(C)S(=O)(=O)[C@H](C)C(=O)N1CCN(C[C@H](C)O)CC1. The molecule has 0 radical (unpaired) electrons. The van der Waals surface area contributed by atoms with Crippen molar-refractivity contribution in [3.8, 4) is 0 Å². The number of aliphatic hydroxyl groups is 1. The van der Waals surface area contributed by atoms with Crippen LogP contribution >= 0.6 is 0 Å². The van der Waals surface area contributed by atoms with Crippen molar-refractivity contribution < 1.29 is 18.3 Å². The van der Waals surface area contributed by atoms with Crippen molar-refractivity contribution >= 4 is 15.7 Å². The molecule has 0 aliphatic carbocycles. The smallest absolute Gasteiger partial charge is 0.240 e. The highest BCUT2D eigenvalue weighted by Crippen LogP contribution is 2.13. The van der Waals surface area contributed by atoms with Gasteiger partial charge in [-0.1, -0.05) is 0 Å². The van der Waals surface area contributed by atoms with Gasteiger partial charge in [-0.15, -0.1) is 0 Å². The molecule has 1 heterocycles. The van der Waals surface area contributed by atoms with Crippen LogP contribution in [0.3, 0.4) is 0 Å². The zero-order valence-corrected chi connectivity index (χ0v) is 13.6. The molecule has 0 aromatic carbocycles. The van der Waals surface area contributed by atoms with E-state index in [-0.39, 0.29) is 5.91 Å². The first-order valence-corrected chi connectivity index (χ1v) is 8.69. The standard InChI is InChI=1S/C13H26N2O4S/c1-10(2)20(18,19)12(4)13(17)15-7-5-14(6-8-15)9-11(3)16/h10-12,16H,5-9H2,1-4H3/t11-,12+/m0/s1. The Balaban J connectivity index is 2.59. The minimum absolute atomic E-state index is 0.310. The fraction of sp³-hybridized carbons (Fsp3) is 0.923. The summed E-state index contributed by atoms with van der Waals surface area (Å²) in [5.41, 5.74) is 0. The number of piperazine rings is 1. The molecular formula is C13H26N2O4S. The Morgan fingerprint density at radius 3 is 2.00 bits per heavy atom. The molecule has 20 heavy (non-hydrogen) atoms. The summed E-state index contributed by atoms with van der Waals surface area (Å²) in [6, 6.07) is 0. The van der Waals surface area contributed by atoms with Gasteiger partial charge in [-0.2, -0.15) is 0 Å². The van der Waals surface area contributed by atoms with E-state index in [1.807, 2.05) is 0 Å². The third kappa shape index (κ3) is 4.17. The minimum Gasteiger partial charge on any atom is -0.392 e. The second-order valence-electron chi connectivity index (χ2n) is 5.75. The molecule has 1 fully saturated rings. The van der Waals surface area contributed by atoms with Crippen LogP contribution in [0.4, 0.5) is 0 Å². The van der Waals surface area contributed by atoms with Crippen LogP contribution in [0.2, 0.25) is 0 Å². The average Bonchev–Trinajstić information content (AvgIpc) is 2.37. The van der Waals surface area contributed by atoms with Crippen molar-refractivity contribution in [2.45, 2.75) is 44.3 Å². The molecule has 0 bridgehead atoms. The van der Waals surface area contributed by atoms with Crippen molar-refractivity contribution in [1.29, 1.82) is 0 Å². The van der Waals surface area contributed by atoms with Crippen LogP contribution in [0.25, 0.3) is 0 Å². The van der Waals surface area contributed by atoms with E-state index >= 15 is 0 Å². The number of carbonyl (C=O) groups excluding carboxylic acids is 1. The van der Waals surface area contributed by atoms with Gasteiger partial charge >= 0.3 is 0 Å². The van der Waals surface area contributed by atoms with Crippen LogP contribution in [0.5, 0.6) is 0 Å². The maximum absolute atomic E-state index is 12.3. The number of β-amino-alcohol motifs (C(OH)–C–C–N with tert-alkyl or cyclic N) is 1. The minimum atomic E-state index is -3.40. The summed E-state index contributed by atoms with van der Waals surface area (Å²) in [4.78, 5) is 16.0. The third-order valence-electron chi connectivity index (χ3n) is 3.70. The van der Waals surface area contributed by atoms with E-state index in [0.29, 0.717) is 32.7 Å². The van der Waals surface area contributed by atoms with Gasteiger partial charge in [0.25, 0.3) is 0 Å². The van der Waals surface area contributed by atoms with E-state index in [0.717, 1.165) is 0 Å². The van der Waals surface area contributed by atoms with Crippen LogP contribution < -0.4 is 0 Å². The largest absolute Gasteiger partial charge is 0.392 e. The number of amides is 1. The highest BCUT2D eigenvalue weighted by molar-refractivity contribution is 7.93. The lowest BCUT2D eigenvalue weighted by atomic mass is 10.2. The van der Waals surface area contributed by atoms with Crippen molar-refractivity contribution in [3.63, 3.8) is 0 Å². The monoisotopic (exact) mass is 306 g/mol. The van der Waals surface area contributed by atoms with Crippen LogP contribution in [-0.2, 0) is 14.6 Å². The lowest BCUT2D eigenvalue weighted by molar-refractivity contribution is -0.132. The lowest BCUT2D eigenvalue weighted by Gasteiger charge is -2.36. The molecule has 2 atom stereocenters. The molecule has 0 aromatic heterocycles. The third-order valence-corrected chi connectivity index (χ3v) is 6.21. The molecule has 1 saturated heterocycles. The van der Waals surface area contributed by atoms with Gasteiger partial charge in [0.2, 0.25) is 5.91 Å². The molecule has 0 unspecified atom stereocenters. The van der Waals surface area contributed by atoms with Gasteiger partial charge in [-0.25, -0.2) is 8.42 Å². The first kappa shape index (κ1) is 17.4. The van der Waals surface area contributed by atoms with Gasteiger partial charge in [0.1, 0.15) is 5.25 Å². The fourth-order valence-electron chi connectivity index (χ4n) is 2.33. The van der Waals surface area contributed by atoms with Crippen molar-refractivity contribution in [3.05, 3.63) is 0 Å². The van der Waals surface area contributed by atoms with Crippen molar-refractivity contribution in [2.24, 2.45) is 0 Å². The highest BCUT2D eigenvalue weighted by atomic mass is 32.2. The molecule has 1 N–H and O–H groups in total. The molecule has 1 aliphatic heterocycles. The van der Waals surface area contributed by atoms with E-state index in [9.17, 15) is 18.3 Å². The number of aliphatic hydroxyl groups excluding tert-OH is 1. The maximum atomic E-state index is 12.3. The number of sulfone groups is 1. The zero-order valence-electron chi connectivity index (χ0n) is 12.7. The van der Waals surface area contributed by atoms with E-state index in [4.69, 9.17) is 0 Å². The van der Waals surface area contributed by atoms with Crippen molar-refractivity contribution in [2.75, 3.05) is 32.7 Å². The van der Waals surface area contributed by atoms with Gasteiger partial charge in [0, 0.05) is 32.7 Å². The Morgan fingerprint density at radius 2 is 1.60 bits per heavy atom. The quantitative estimate of drug-likeness (QED) is 0.756. The van der Waals surface area contributed by atoms with E-state index in [1.54, 1.807) is 25.7 Å². The predicted octanol–water partition coefficient (Wildman–Crippen LogP) is -0.277. The number of hydrogen-bond acceptors (Lipinski definition) is 5. The predicted molar refractivity (Wildman–Crippen MR) is 78.2 cm³/mol. The molecule has 0 spiro atoms. The zero-order chi connectivity index (χ0) is 15.5. The number of nitrogens with zero attached hydrogens (tertiary/aromatic N) is 2. The number of hydrogen-bond donors (Lipinski definition) is 1. The summed E-state index contributed by atoms with van der Waals surface area (Å²) in [7, 11) is -3.40. The normalized spacial score (nSPS) is 21.0. The molecule has 0 aromatic rings. The van der Waals surface area contributed by atoms with Gasteiger partial charge in [0.15, 0.2) is 9.84 Å². The van der Waals surface area contributed by atoms with Gasteiger partial charge < -0.3 is 10.0 Å². The summed E-state index contributed by atoms with van der Waals surface area (Å²) in [6.45, 7) is 9.36. The Labute approximate surface area is 121 Å². The summed E-state index contributed by atoms with van der Waals surface area (Å²) in [6.07, 6.45) is -0.391. The van der Waals surface area contributed by atoms with Gasteiger partial charge in [-0.3, -0.25) is 9.69 Å².